The maximum absolute atomic E-state index is 13.5. The Kier molecular flexibility index (Phi) is 10.2. The first kappa shape index (κ1) is 31.1. The van der Waals surface area contributed by atoms with Gasteiger partial charge in [0.25, 0.3) is 11.8 Å². The summed E-state index contributed by atoms with van der Waals surface area (Å²) in [7, 11) is 3.89. The molecule has 5 rings (SSSR count). The van der Waals surface area contributed by atoms with Gasteiger partial charge in [0, 0.05) is 82.2 Å². The summed E-state index contributed by atoms with van der Waals surface area (Å²) >= 11 is 0. The molecular weight excluding hydrogens is 550 g/mol. The molecule has 8 nitrogen and oxygen atoms in total. The van der Waals surface area contributed by atoms with E-state index in [1.807, 2.05) is 49.3 Å². The molecule has 2 amide bonds. The maximum atomic E-state index is 13.5. The van der Waals surface area contributed by atoms with Crippen molar-refractivity contribution in [2.24, 2.45) is 5.92 Å². The van der Waals surface area contributed by atoms with Gasteiger partial charge in [-0.05, 0) is 86.6 Å². The van der Waals surface area contributed by atoms with E-state index in [4.69, 9.17) is 0 Å². The van der Waals surface area contributed by atoms with Crippen molar-refractivity contribution in [3.8, 4) is 0 Å². The van der Waals surface area contributed by atoms with Crippen LogP contribution < -0.4 is 25.3 Å². The van der Waals surface area contributed by atoms with Crippen LogP contribution in [0, 0.1) is 12.8 Å². The minimum atomic E-state index is -0.215. The van der Waals surface area contributed by atoms with Gasteiger partial charge in [-0.15, -0.1) is 0 Å². The molecule has 44 heavy (non-hydrogen) atoms. The highest BCUT2D eigenvalue weighted by atomic mass is 16.2. The third kappa shape index (κ3) is 7.78. The SMILES string of the molecule is Cc1ccccc1N1CCN(c2ccc(C(=O)NCCCC3CCCC(=O)C3)cc2NC(=O)c2cccc(N(C)C)c2)CC1. The van der Waals surface area contributed by atoms with Gasteiger partial charge >= 0.3 is 0 Å². The number of ketones is 1. The van der Waals surface area contributed by atoms with Crippen LogP contribution in [0.3, 0.4) is 0 Å². The highest BCUT2D eigenvalue weighted by Crippen LogP contribution is 2.31. The van der Waals surface area contributed by atoms with Crippen LogP contribution in [0.1, 0.15) is 64.8 Å². The number of nitrogens with one attached hydrogen (secondary N) is 2. The summed E-state index contributed by atoms with van der Waals surface area (Å²) < 4.78 is 0. The van der Waals surface area contributed by atoms with E-state index in [1.54, 1.807) is 12.1 Å². The van der Waals surface area contributed by atoms with Gasteiger partial charge < -0.3 is 25.3 Å². The Morgan fingerprint density at radius 3 is 2.32 bits per heavy atom. The zero-order valence-electron chi connectivity index (χ0n) is 26.3. The fraction of sp³-hybridized carbons (Fsp3) is 0.417. The van der Waals surface area contributed by atoms with Gasteiger partial charge in [-0.25, -0.2) is 0 Å². The predicted octanol–water partition coefficient (Wildman–Crippen LogP) is 5.91. The monoisotopic (exact) mass is 595 g/mol. The van der Waals surface area contributed by atoms with Gasteiger partial charge in [-0.3, -0.25) is 14.4 Å². The lowest BCUT2D eigenvalue weighted by molar-refractivity contribution is -0.121. The van der Waals surface area contributed by atoms with Crippen LogP contribution in [0.15, 0.2) is 66.7 Å². The Labute approximate surface area is 261 Å². The third-order valence-corrected chi connectivity index (χ3v) is 8.87. The smallest absolute Gasteiger partial charge is 0.255 e. The number of benzene rings is 3. The average molecular weight is 596 g/mol. The van der Waals surface area contributed by atoms with Crippen LogP contribution in [-0.4, -0.2) is 64.4 Å². The van der Waals surface area contributed by atoms with Crippen LogP contribution in [-0.2, 0) is 4.79 Å². The summed E-state index contributed by atoms with van der Waals surface area (Å²) in [6.07, 6.45) is 5.27. The highest BCUT2D eigenvalue weighted by molar-refractivity contribution is 6.07. The fourth-order valence-electron chi connectivity index (χ4n) is 6.33. The molecule has 1 aliphatic carbocycles. The van der Waals surface area contributed by atoms with Crippen LogP contribution in [0.2, 0.25) is 0 Å². The number of amides is 2. The van der Waals surface area contributed by atoms with E-state index in [-0.39, 0.29) is 11.8 Å². The summed E-state index contributed by atoms with van der Waals surface area (Å²) in [6, 6.07) is 21.6. The number of carbonyl (C=O) groups is 3. The van der Waals surface area contributed by atoms with Crippen molar-refractivity contribution >= 4 is 40.3 Å². The van der Waals surface area contributed by atoms with Crippen molar-refractivity contribution < 1.29 is 14.4 Å². The number of para-hydroxylation sites is 1. The Morgan fingerprint density at radius 2 is 1.59 bits per heavy atom. The zero-order valence-corrected chi connectivity index (χ0v) is 26.3. The molecule has 1 unspecified atom stereocenters. The number of carbonyl (C=O) groups excluding carboxylic acids is 3. The first-order chi connectivity index (χ1) is 21.3. The Hall–Kier alpha value is -4.33. The van der Waals surface area contributed by atoms with Gasteiger partial charge in [0.1, 0.15) is 5.78 Å². The number of hydrogen-bond acceptors (Lipinski definition) is 6. The molecule has 0 aromatic heterocycles. The molecule has 0 radical (unpaired) electrons. The molecule has 1 atom stereocenters. The molecule has 2 N–H and O–H groups in total. The van der Waals surface area contributed by atoms with Crippen LogP contribution >= 0.6 is 0 Å². The number of rotatable bonds is 10. The Balaban J connectivity index is 1.30. The molecule has 8 heteroatoms. The van der Waals surface area contributed by atoms with Gasteiger partial charge in [-0.1, -0.05) is 24.3 Å². The van der Waals surface area contributed by atoms with Crippen molar-refractivity contribution in [3.05, 3.63) is 83.4 Å². The lowest BCUT2D eigenvalue weighted by Gasteiger charge is -2.38. The highest BCUT2D eigenvalue weighted by Gasteiger charge is 2.23. The van der Waals surface area contributed by atoms with Gasteiger partial charge in [0.05, 0.1) is 11.4 Å². The molecule has 3 aromatic carbocycles. The van der Waals surface area contributed by atoms with E-state index < -0.39 is 0 Å². The van der Waals surface area contributed by atoms with Crippen molar-refractivity contribution in [2.75, 3.05) is 66.8 Å². The van der Waals surface area contributed by atoms with E-state index in [0.29, 0.717) is 47.9 Å². The lowest BCUT2D eigenvalue weighted by Crippen LogP contribution is -2.47. The van der Waals surface area contributed by atoms with E-state index in [9.17, 15) is 14.4 Å². The minimum absolute atomic E-state index is 0.161. The van der Waals surface area contributed by atoms with Gasteiger partial charge in [0.2, 0.25) is 0 Å². The second-order valence-corrected chi connectivity index (χ2v) is 12.3. The number of Topliss-reactive ketones (excluding diaryl/α,β-unsaturated/α-hetero) is 1. The number of nitrogens with zero attached hydrogens (tertiary/aromatic N) is 3. The van der Waals surface area contributed by atoms with Crippen molar-refractivity contribution in [1.82, 2.24) is 5.32 Å². The first-order valence-corrected chi connectivity index (χ1v) is 15.9. The summed E-state index contributed by atoms with van der Waals surface area (Å²) in [4.78, 5) is 45.1. The number of aryl methyl sites for hydroxylation is 1. The molecule has 3 aromatic rings. The number of anilines is 4. The van der Waals surface area contributed by atoms with Crippen molar-refractivity contribution in [1.29, 1.82) is 0 Å². The third-order valence-electron chi connectivity index (χ3n) is 8.87. The molecule has 1 saturated heterocycles. The Bertz CT molecular complexity index is 1480. The second-order valence-electron chi connectivity index (χ2n) is 12.3. The molecule has 2 fully saturated rings. The molecular formula is C36H45N5O3. The molecule has 232 valence electrons. The standard InChI is InChI=1S/C36H45N5O3/c1-26-9-4-5-15-33(26)40-19-21-41(22-20-40)34-17-16-29(35(43)37-18-8-11-27-10-6-14-31(42)23-27)25-32(34)38-36(44)28-12-7-13-30(24-28)39(2)3/h4-5,7,9,12-13,15-17,24-25,27H,6,8,10-11,14,18-23H2,1-3H3,(H,37,43)(H,38,44). The molecule has 2 aliphatic rings. The molecule has 1 saturated carbocycles. The molecule has 0 bridgehead atoms. The summed E-state index contributed by atoms with van der Waals surface area (Å²) in [5, 5.41) is 6.18. The number of hydrogen-bond donors (Lipinski definition) is 2. The first-order valence-electron chi connectivity index (χ1n) is 15.9. The Morgan fingerprint density at radius 1 is 0.864 bits per heavy atom. The second kappa shape index (κ2) is 14.4. The van der Waals surface area contributed by atoms with E-state index in [1.165, 1.54) is 11.3 Å². The van der Waals surface area contributed by atoms with Crippen LogP contribution in [0.5, 0.6) is 0 Å². The molecule has 0 spiro atoms. The lowest BCUT2D eigenvalue weighted by atomic mass is 9.85. The average Bonchev–Trinajstić information content (AvgIpc) is 3.03. The van der Waals surface area contributed by atoms with Crippen LogP contribution in [0.4, 0.5) is 22.7 Å². The van der Waals surface area contributed by atoms with Crippen molar-refractivity contribution in [2.45, 2.75) is 45.4 Å². The maximum Gasteiger partial charge on any atom is 0.255 e. The fourth-order valence-corrected chi connectivity index (χ4v) is 6.33. The normalized spacial score (nSPS) is 16.9. The zero-order chi connectivity index (χ0) is 31.1. The van der Waals surface area contributed by atoms with E-state index in [2.05, 4.69) is 51.6 Å². The number of piperazine rings is 1. The summed E-state index contributed by atoms with van der Waals surface area (Å²) in [5.74, 6) is 0.426. The minimum Gasteiger partial charge on any atom is -0.378 e. The topological polar surface area (TPSA) is 85.0 Å². The quantitative estimate of drug-likeness (QED) is 0.284. The van der Waals surface area contributed by atoms with Gasteiger partial charge in [-0.2, -0.15) is 0 Å². The van der Waals surface area contributed by atoms with Crippen LogP contribution in [0.25, 0.3) is 0 Å². The summed E-state index contributed by atoms with van der Waals surface area (Å²) in [5.41, 5.74) is 6.06. The molecule has 1 aliphatic heterocycles. The molecule has 1 heterocycles. The predicted molar refractivity (Wildman–Crippen MR) is 179 cm³/mol. The van der Waals surface area contributed by atoms with E-state index in [0.717, 1.165) is 63.2 Å². The van der Waals surface area contributed by atoms with Crippen molar-refractivity contribution in [3.63, 3.8) is 0 Å². The largest absolute Gasteiger partial charge is 0.378 e. The summed E-state index contributed by atoms with van der Waals surface area (Å²) in [6.45, 7) is 6.01. The van der Waals surface area contributed by atoms with E-state index >= 15 is 0 Å². The van der Waals surface area contributed by atoms with Gasteiger partial charge in [0.15, 0.2) is 0 Å².